The first kappa shape index (κ1) is 15.9. The maximum Gasteiger partial charge on any atom is 0.132 e. The molecule has 4 rings (SSSR count). The first-order valence-electron chi connectivity index (χ1n) is 8.10. The number of nitriles is 1. The molecule has 0 aliphatic carbocycles. The van der Waals surface area contributed by atoms with Crippen molar-refractivity contribution >= 4 is 16.7 Å². The van der Waals surface area contributed by atoms with Gasteiger partial charge in [0.05, 0.1) is 17.3 Å². The number of hydrogen-bond donors (Lipinski definition) is 2. The van der Waals surface area contributed by atoms with E-state index in [1.54, 1.807) is 18.3 Å². The third-order valence-electron chi connectivity index (χ3n) is 4.34. The van der Waals surface area contributed by atoms with Crippen molar-refractivity contribution in [3.05, 3.63) is 71.7 Å². The first-order chi connectivity index (χ1) is 12.5. The van der Waals surface area contributed by atoms with E-state index in [4.69, 9.17) is 11.0 Å². The highest BCUT2D eigenvalue weighted by Gasteiger charge is 2.11. The normalized spacial score (nSPS) is 10.8. The summed E-state index contributed by atoms with van der Waals surface area (Å²) >= 11 is 0. The minimum atomic E-state index is -0.284. The summed E-state index contributed by atoms with van der Waals surface area (Å²) in [6.07, 6.45) is 1.64. The highest BCUT2D eigenvalue weighted by atomic mass is 19.1. The van der Waals surface area contributed by atoms with Crippen LogP contribution in [-0.4, -0.2) is 9.97 Å². The number of aromatic nitrogens is 2. The maximum atomic E-state index is 13.7. The summed E-state index contributed by atoms with van der Waals surface area (Å²) < 4.78 is 13.7. The molecule has 0 unspecified atom stereocenters. The summed E-state index contributed by atoms with van der Waals surface area (Å²) in [5.74, 6) is 0.0990. The van der Waals surface area contributed by atoms with Crippen molar-refractivity contribution in [3.63, 3.8) is 0 Å². The van der Waals surface area contributed by atoms with Crippen molar-refractivity contribution in [2.75, 3.05) is 5.73 Å². The third-order valence-corrected chi connectivity index (χ3v) is 4.34. The number of nitrogens with zero attached hydrogens (tertiary/aromatic N) is 2. The average molecular weight is 342 g/mol. The van der Waals surface area contributed by atoms with E-state index in [0.717, 1.165) is 38.9 Å². The number of fused-ring (bicyclic) bond motifs is 1. The molecule has 0 saturated carbocycles. The number of halogens is 1. The van der Waals surface area contributed by atoms with E-state index in [-0.39, 0.29) is 5.82 Å². The Bertz CT molecular complexity index is 1160. The minimum absolute atomic E-state index is 0.284. The van der Waals surface area contributed by atoms with E-state index >= 15 is 0 Å². The van der Waals surface area contributed by atoms with Gasteiger partial charge in [-0.15, -0.1) is 0 Å². The quantitative estimate of drug-likeness (QED) is 0.549. The SMILES string of the molecule is Cc1cc(F)cc(-c2cnc(N)c(-c3cc4ccc(C#N)cc4[nH]3)c2)c1. The average Bonchev–Trinajstić information content (AvgIpc) is 3.04. The molecule has 5 heteroatoms. The van der Waals surface area contributed by atoms with Crippen molar-refractivity contribution in [3.8, 4) is 28.5 Å². The molecule has 4 aromatic rings. The summed E-state index contributed by atoms with van der Waals surface area (Å²) in [6, 6.07) is 16.3. The summed E-state index contributed by atoms with van der Waals surface area (Å²) in [5, 5.41) is 10.0. The molecule has 0 atom stereocenters. The summed E-state index contributed by atoms with van der Waals surface area (Å²) in [6.45, 7) is 1.85. The van der Waals surface area contributed by atoms with E-state index in [1.165, 1.54) is 12.1 Å². The Kier molecular flexibility index (Phi) is 3.67. The number of benzene rings is 2. The van der Waals surface area contributed by atoms with Crippen LogP contribution in [0.2, 0.25) is 0 Å². The molecule has 26 heavy (non-hydrogen) atoms. The zero-order chi connectivity index (χ0) is 18.3. The monoisotopic (exact) mass is 342 g/mol. The summed E-state index contributed by atoms with van der Waals surface area (Å²) in [4.78, 5) is 7.56. The lowest BCUT2D eigenvalue weighted by atomic mass is 10.0. The fourth-order valence-electron chi connectivity index (χ4n) is 3.09. The zero-order valence-electron chi connectivity index (χ0n) is 14.0. The van der Waals surface area contributed by atoms with Crippen LogP contribution in [0.4, 0.5) is 10.2 Å². The van der Waals surface area contributed by atoms with Gasteiger partial charge in [0.25, 0.3) is 0 Å². The zero-order valence-corrected chi connectivity index (χ0v) is 14.0. The van der Waals surface area contributed by atoms with Crippen LogP contribution >= 0.6 is 0 Å². The number of aryl methyl sites for hydroxylation is 1. The lowest BCUT2D eigenvalue weighted by Gasteiger charge is -2.08. The van der Waals surface area contributed by atoms with Gasteiger partial charge in [0.2, 0.25) is 0 Å². The topological polar surface area (TPSA) is 78.5 Å². The molecule has 3 N–H and O–H groups in total. The van der Waals surface area contributed by atoms with Gasteiger partial charge < -0.3 is 10.7 Å². The van der Waals surface area contributed by atoms with Crippen LogP contribution in [0.15, 0.2) is 54.7 Å². The maximum absolute atomic E-state index is 13.7. The van der Waals surface area contributed by atoms with Gasteiger partial charge in [-0.1, -0.05) is 12.1 Å². The molecule has 2 aromatic heterocycles. The van der Waals surface area contributed by atoms with Gasteiger partial charge >= 0.3 is 0 Å². The van der Waals surface area contributed by atoms with Crippen LogP contribution in [0, 0.1) is 24.1 Å². The van der Waals surface area contributed by atoms with Gasteiger partial charge in [-0.2, -0.15) is 5.26 Å². The van der Waals surface area contributed by atoms with Crippen molar-refractivity contribution in [1.82, 2.24) is 9.97 Å². The number of anilines is 1. The molecule has 2 heterocycles. The van der Waals surface area contributed by atoms with Crippen LogP contribution in [0.25, 0.3) is 33.3 Å². The Hall–Kier alpha value is -3.65. The van der Waals surface area contributed by atoms with Crippen molar-refractivity contribution < 1.29 is 4.39 Å². The number of pyridine rings is 1. The standard InChI is InChI=1S/C21H15FN4/c1-12-4-15(7-17(22)5-12)16-8-18(21(24)25-11-16)20-9-14-3-2-13(10-23)6-19(14)26-20/h2-9,11,26H,1H3,(H2,24,25). The van der Waals surface area contributed by atoms with Crippen LogP contribution in [0.3, 0.4) is 0 Å². The van der Waals surface area contributed by atoms with Gasteiger partial charge in [0.1, 0.15) is 11.6 Å². The van der Waals surface area contributed by atoms with E-state index < -0.39 is 0 Å². The summed E-state index contributed by atoms with van der Waals surface area (Å²) in [7, 11) is 0. The van der Waals surface area contributed by atoms with E-state index in [1.807, 2.05) is 31.2 Å². The predicted octanol–water partition coefficient (Wildman–Crippen LogP) is 4.80. The van der Waals surface area contributed by atoms with Crippen molar-refractivity contribution in [2.24, 2.45) is 0 Å². The van der Waals surface area contributed by atoms with Gasteiger partial charge in [-0.25, -0.2) is 9.37 Å². The fraction of sp³-hybridized carbons (Fsp3) is 0.0476. The molecule has 0 aliphatic rings. The Morgan fingerprint density at radius 2 is 1.92 bits per heavy atom. The van der Waals surface area contributed by atoms with Gasteiger partial charge in [-0.05, 0) is 54.4 Å². The van der Waals surface area contributed by atoms with Gasteiger partial charge in [0, 0.05) is 28.2 Å². The molecule has 2 aromatic carbocycles. The minimum Gasteiger partial charge on any atom is -0.383 e. The second-order valence-electron chi connectivity index (χ2n) is 6.27. The number of hydrogen-bond acceptors (Lipinski definition) is 3. The fourth-order valence-corrected chi connectivity index (χ4v) is 3.09. The molecule has 0 bridgehead atoms. The second-order valence-corrected chi connectivity index (χ2v) is 6.27. The van der Waals surface area contributed by atoms with Crippen LogP contribution < -0.4 is 5.73 Å². The molecule has 0 fully saturated rings. The number of rotatable bonds is 2. The molecule has 126 valence electrons. The van der Waals surface area contributed by atoms with Gasteiger partial charge in [-0.3, -0.25) is 0 Å². The van der Waals surface area contributed by atoms with Crippen molar-refractivity contribution in [1.29, 1.82) is 5.26 Å². The number of nitrogens with one attached hydrogen (secondary N) is 1. The Labute approximate surface area is 149 Å². The lowest BCUT2D eigenvalue weighted by molar-refractivity contribution is 0.627. The highest BCUT2D eigenvalue weighted by molar-refractivity contribution is 5.89. The molecule has 0 aliphatic heterocycles. The predicted molar refractivity (Wildman–Crippen MR) is 101 cm³/mol. The molecule has 0 radical (unpaired) electrons. The lowest BCUT2D eigenvalue weighted by Crippen LogP contribution is -1.95. The molecular formula is C21H15FN4. The second kappa shape index (κ2) is 6.01. The third kappa shape index (κ3) is 2.78. The van der Waals surface area contributed by atoms with E-state index in [9.17, 15) is 4.39 Å². The molecule has 0 saturated heterocycles. The molecular weight excluding hydrogens is 327 g/mol. The first-order valence-corrected chi connectivity index (χ1v) is 8.10. The Morgan fingerprint density at radius 3 is 2.69 bits per heavy atom. The smallest absolute Gasteiger partial charge is 0.132 e. The largest absolute Gasteiger partial charge is 0.383 e. The van der Waals surface area contributed by atoms with Crippen molar-refractivity contribution in [2.45, 2.75) is 6.92 Å². The van der Waals surface area contributed by atoms with Crippen LogP contribution in [0.5, 0.6) is 0 Å². The van der Waals surface area contributed by atoms with Crippen LogP contribution in [-0.2, 0) is 0 Å². The summed E-state index contributed by atoms with van der Waals surface area (Å²) in [5.41, 5.74) is 11.4. The Morgan fingerprint density at radius 1 is 1.08 bits per heavy atom. The Balaban J connectivity index is 1.85. The number of H-pyrrole nitrogens is 1. The molecule has 0 amide bonds. The van der Waals surface area contributed by atoms with E-state index in [2.05, 4.69) is 16.0 Å². The van der Waals surface area contributed by atoms with Gasteiger partial charge in [0.15, 0.2) is 0 Å². The van der Waals surface area contributed by atoms with Crippen LogP contribution in [0.1, 0.15) is 11.1 Å². The number of aromatic amines is 1. The number of nitrogens with two attached hydrogens (primary N) is 1. The highest BCUT2D eigenvalue weighted by Crippen LogP contribution is 2.32. The molecule has 0 spiro atoms. The molecule has 4 nitrogen and oxygen atoms in total. The number of nitrogen functional groups attached to an aromatic ring is 1. The van der Waals surface area contributed by atoms with E-state index in [0.29, 0.717) is 11.4 Å².